The van der Waals surface area contributed by atoms with Gasteiger partial charge in [0.1, 0.15) is 11.2 Å². The molecule has 1 heterocycles. The highest BCUT2D eigenvalue weighted by atomic mass is 16.3. The molecule has 4 aromatic rings. The van der Waals surface area contributed by atoms with Gasteiger partial charge in [0.05, 0.1) is 5.71 Å². The number of nitrogens with one attached hydrogen (secondary N) is 1. The SMILES string of the molecule is N=C1/C=C\c2ccccc2CCc2ccc3c(oc4ccccc43)c21. The highest BCUT2D eigenvalue weighted by Crippen LogP contribution is 2.34. The number of para-hydroxylation sites is 1. The van der Waals surface area contributed by atoms with Gasteiger partial charge in [0.2, 0.25) is 0 Å². The molecule has 1 N–H and O–H groups in total. The van der Waals surface area contributed by atoms with Crippen molar-refractivity contribution in [1.82, 2.24) is 0 Å². The molecular weight excluding hydrogens is 306 g/mol. The number of hydrogen-bond donors (Lipinski definition) is 1. The van der Waals surface area contributed by atoms with Crippen LogP contribution in [0.1, 0.15) is 22.3 Å². The van der Waals surface area contributed by atoms with Crippen molar-refractivity contribution in [1.29, 1.82) is 5.41 Å². The number of fused-ring (bicyclic) bond motifs is 6. The third kappa shape index (κ3) is 2.22. The minimum Gasteiger partial charge on any atom is -0.455 e. The number of allylic oxidation sites excluding steroid dienone is 1. The molecular formula is C23H17NO. The van der Waals surface area contributed by atoms with E-state index in [9.17, 15) is 0 Å². The van der Waals surface area contributed by atoms with Gasteiger partial charge in [-0.3, -0.25) is 0 Å². The fourth-order valence-electron chi connectivity index (χ4n) is 3.78. The predicted molar refractivity (Wildman–Crippen MR) is 103 cm³/mol. The van der Waals surface area contributed by atoms with E-state index in [0.29, 0.717) is 5.71 Å². The van der Waals surface area contributed by atoms with Crippen LogP contribution in [0.4, 0.5) is 0 Å². The standard InChI is InChI=1S/C23H17NO/c24-20-14-12-16-6-2-1-5-15(16)9-10-17-11-13-19-18-7-3-4-8-21(18)25-23(19)22(17)20/h1-8,11-14,24H,9-10H2/b14-12-,24-20?. The molecule has 3 aromatic carbocycles. The zero-order valence-electron chi connectivity index (χ0n) is 13.8. The molecule has 0 radical (unpaired) electrons. The van der Waals surface area contributed by atoms with E-state index in [1.165, 1.54) is 16.7 Å². The first-order valence-corrected chi connectivity index (χ1v) is 8.59. The van der Waals surface area contributed by atoms with Crippen LogP contribution >= 0.6 is 0 Å². The first-order chi connectivity index (χ1) is 12.3. The van der Waals surface area contributed by atoms with Gasteiger partial charge in [0.25, 0.3) is 0 Å². The van der Waals surface area contributed by atoms with E-state index in [0.717, 1.165) is 40.3 Å². The van der Waals surface area contributed by atoms with Crippen LogP contribution in [0.25, 0.3) is 28.0 Å². The maximum atomic E-state index is 8.66. The highest BCUT2D eigenvalue weighted by Gasteiger charge is 2.18. The number of furan rings is 1. The molecule has 0 bridgehead atoms. The molecule has 0 unspecified atom stereocenters. The Morgan fingerprint density at radius 1 is 0.720 bits per heavy atom. The monoisotopic (exact) mass is 323 g/mol. The van der Waals surface area contributed by atoms with E-state index >= 15 is 0 Å². The Bertz CT molecular complexity index is 1160. The van der Waals surface area contributed by atoms with E-state index in [2.05, 4.69) is 42.5 Å². The van der Waals surface area contributed by atoms with Crippen molar-refractivity contribution in [2.45, 2.75) is 12.8 Å². The Kier molecular flexibility index (Phi) is 3.10. The third-order valence-corrected chi connectivity index (χ3v) is 5.05. The van der Waals surface area contributed by atoms with E-state index in [1.807, 2.05) is 30.4 Å². The van der Waals surface area contributed by atoms with Gasteiger partial charge in [-0.2, -0.15) is 0 Å². The zero-order valence-corrected chi connectivity index (χ0v) is 13.8. The van der Waals surface area contributed by atoms with Crippen molar-refractivity contribution >= 4 is 33.7 Å². The molecule has 2 heteroatoms. The Balaban J connectivity index is 1.77. The fourth-order valence-corrected chi connectivity index (χ4v) is 3.78. The average Bonchev–Trinajstić information content (AvgIpc) is 3.04. The lowest BCUT2D eigenvalue weighted by molar-refractivity contribution is 0.667. The van der Waals surface area contributed by atoms with Gasteiger partial charge >= 0.3 is 0 Å². The van der Waals surface area contributed by atoms with Crippen molar-refractivity contribution in [2.75, 3.05) is 0 Å². The summed E-state index contributed by atoms with van der Waals surface area (Å²) in [5.41, 5.74) is 6.85. The van der Waals surface area contributed by atoms with Gasteiger partial charge < -0.3 is 9.83 Å². The largest absolute Gasteiger partial charge is 0.455 e. The molecule has 2 nitrogen and oxygen atoms in total. The summed E-state index contributed by atoms with van der Waals surface area (Å²) >= 11 is 0. The van der Waals surface area contributed by atoms with E-state index < -0.39 is 0 Å². The van der Waals surface area contributed by atoms with Crippen LogP contribution in [-0.2, 0) is 12.8 Å². The molecule has 0 fully saturated rings. The molecule has 1 aromatic heterocycles. The Labute approximate surface area is 145 Å². The summed E-state index contributed by atoms with van der Waals surface area (Å²) < 4.78 is 6.16. The summed E-state index contributed by atoms with van der Waals surface area (Å²) in [5, 5.41) is 10.9. The molecule has 0 atom stereocenters. The zero-order chi connectivity index (χ0) is 16.8. The number of aryl methyl sites for hydroxylation is 2. The summed E-state index contributed by atoms with van der Waals surface area (Å²) in [6.45, 7) is 0. The maximum Gasteiger partial charge on any atom is 0.145 e. The second-order valence-corrected chi connectivity index (χ2v) is 6.52. The van der Waals surface area contributed by atoms with Crippen LogP contribution in [-0.4, -0.2) is 5.71 Å². The van der Waals surface area contributed by atoms with Crippen LogP contribution in [0.5, 0.6) is 0 Å². The van der Waals surface area contributed by atoms with Crippen LogP contribution in [0, 0.1) is 5.41 Å². The second kappa shape index (κ2) is 5.45. The Morgan fingerprint density at radius 3 is 2.48 bits per heavy atom. The van der Waals surface area contributed by atoms with Crippen LogP contribution in [0.2, 0.25) is 0 Å². The van der Waals surface area contributed by atoms with Crippen LogP contribution in [0.3, 0.4) is 0 Å². The van der Waals surface area contributed by atoms with E-state index in [1.54, 1.807) is 0 Å². The third-order valence-electron chi connectivity index (χ3n) is 5.05. The summed E-state index contributed by atoms with van der Waals surface area (Å²) in [6, 6.07) is 20.8. The smallest absolute Gasteiger partial charge is 0.145 e. The minimum absolute atomic E-state index is 0.511. The van der Waals surface area contributed by atoms with Crippen molar-refractivity contribution in [3.63, 3.8) is 0 Å². The molecule has 0 saturated heterocycles. The summed E-state index contributed by atoms with van der Waals surface area (Å²) in [5.74, 6) is 0. The molecule has 120 valence electrons. The lowest BCUT2D eigenvalue weighted by Crippen LogP contribution is -2.02. The molecule has 0 saturated carbocycles. The normalized spacial score (nSPS) is 15.3. The summed E-state index contributed by atoms with van der Waals surface area (Å²) in [6.07, 6.45) is 5.82. The molecule has 0 spiro atoms. The Hall–Kier alpha value is -3.13. The second-order valence-electron chi connectivity index (χ2n) is 6.52. The fraction of sp³-hybridized carbons (Fsp3) is 0.0870. The van der Waals surface area contributed by atoms with Crippen LogP contribution in [0.15, 0.2) is 71.2 Å². The molecule has 1 aliphatic carbocycles. The number of hydrogen-bond acceptors (Lipinski definition) is 2. The Morgan fingerprint density at radius 2 is 1.52 bits per heavy atom. The van der Waals surface area contributed by atoms with Gasteiger partial charge in [-0.1, -0.05) is 60.7 Å². The average molecular weight is 323 g/mol. The summed E-state index contributed by atoms with van der Waals surface area (Å²) in [7, 11) is 0. The quantitative estimate of drug-likeness (QED) is 0.438. The van der Waals surface area contributed by atoms with E-state index in [-0.39, 0.29) is 0 Å². The van der Waals surface area contributed by atoms with Gasteiger partial charge in [0, 0.05) is 16.3 Å². The van der Waals surface area contributed by atoms with Gasteiger partial charge in [0.15, 0.2) is 0 Å². The lowest BCUT2D eigenvalue weighted by atomic mass is 9.95. The molecule has 5 rings (SSSR count). The number of rotatable bonds is 0. The first-order valence-electron chi connectivity index (χ1n) is 8.59. The topological polar surface area (TPSA) is 37.0 Å². The number of benzene rings is 3. The molecule has 25 heavy (non-hydrogen) atoms. The van der Waals surface area contributed by atoms with Crippen LogP contribution < -0.4 is 0 Å². The molecule has 1 aliphatic rings. The van der Waals surface area contributed by atoms with Gasteiger partial charge in [-0.25, -0.2) is 0 Å². The highest BCUT2D eigenvalue weighted by molar-refractivity contribution is 6.19. The van der Waals surface area contributed by atoms with E-state index in [4.69, 9.17) is 9.83 Å². The lowest BCUT2D eigenvalue weighted by Gasteiger charge is -2.09. The first kappa shape index (κ1) is 14.2. The van der Waals surface area contributed by atoms with Gasteiger partial charge in [-0.15, -0.1) is 0 Å². The van der Waals surface area contributed by atoms with Crippen molar-refractivity contribution < 1.29 is 4.42 Å². The predicted octanol–water partition coefficient (Wildman–Crippen LogP) is 5.77. The minimum atomic E-state index is 0.511. The molecule has 0 amide bonds. The summed E-state index contributed by atoms with van der Waals surface area (Å²) in [4.78, 5) is 0. The van der Waals surface area contributed by atoms with Gasteiger partial charge in [-0.05, 0) is 41.7 Å². The van der Waals surface area contributed by atoms with Crippen molar-refractivity contribution in [3.05, 3.63) is 89.0 Å². The van der Waals surface area contributed by atoms with Crippen molar-refractivity contribution in [3.8, 4) is 0 Å². The molecule has 0 aliphatic heterocycles. The van der Waals surface area contributed by atoms with Crippen molar-refractivity contribution in [2.24, 2.45) is 0 Å². The maximum absolute atomic E-state index is 8.66.